The van der Waals surface area contributed by atoms with Crippen molar-refractivity contribution in [2.45, 2.75) is 51.0 Å². The Labute approximate surface area is 101 Å². The van der Waals surface area contributed by atoms with E-state index in [9.17, 15) is 9.59 Å². The summed E-state index contributed by atoms with van der Waals surface area (Å²) in [5, 5.41) is 16.9. The number of rotatable bonds is 11. The highest BCUT2D eigenvalue weighted by Gasteiger charge is 2.03. The standard InChI is InChI=1S/C12H20O5/c13-10-6-8-11(17-16)7-4-2-1-3-5-9-12(14)15/h6,8,10-11,16H,1-5,7,9H2,(H,14,15)/b8-6+. The van der Waals surface area contributed by atoms with Crippen LogP contribution in [0.3, 0.4) is 0 Å². The normalized spacial score (nSPS) is 12.8. The number of carboxylic acids is 1. The largest absolute Gasteiger partial charge is 0.481 e. The minimum Gasteiger partial charge on any atom is -0.481 e. The zero-order valence-electron chi connectivity index (χ0n) is 9.88. The lowest BCUT2D eigenvalue weighted by Crippen LogP contribution is -2.06. The summed E-state index contributed by atoms with van der Waals surface area (Å²) in [6, 6.07) is 0. The summed E-state index contributed by atoms with van der Waals surface area (Å²) in [5.41, 5.74) is 0. The fraction of sp³-hybridized carbons (Fsp3) is 0.667. The van der Waals surface area contributed by atoms with Crippen LogP contribution in [0.25, 0.3) is 0 Å². The van der Waals surface area contributed by atoms with E-state index in [1.54, 1.807) is 0 Å². The Morgan fingerprint density at radius 1 is 1.18 bits per heavy atom. The minimum absolute atomic E-state index is 0.227. The maximum Gasteiger partial charge on any atom is 0.303 e. The first-order chi connectivity index (χ1) is 8.20. The Morgan fingerprint density at radius 2 is 1.82 bits per heavy atom. The van der Waals surface area contributed by atoms with E-state index in [1.165, 1.54) is 12.2 Å². The fourth-order valence-corrected chi connectivity index (χ4v) is 1.51. The zero-order chi connectivity index (χ0) is 12.9. The molecule has 0 saturated heterocycles. The maximum absolute atomic E-state index is 10.2. The maximum atomic E-state index is 10.2. The van der Waals surface area contributed by atoms with E-state index >= 15 is 0 Å². The molecule has 0 aromatic rings. The Morgan fingerprint density at radius 3 is 2.41 bits per heavy atom. The zero-order valence-corrected chi connectivity index (χ0v) is 9.88. The Balaban J connectivity index is 3.39. The third-order valence-corrected chi connectivity index (χ3v) is 2.42. The molecule has 0 bridgehead atoms. The summed E-state index contributed by atoms with van der Waals surface area (Å²) in [5.74, 6) is -0.752. The molecule has 0 aliphatic rings. The third-order valence-electron chi connectivity index (χ3n) is 2.42. The number of carbonyl (C=O) groups is 2. The molecule has 5 nitrogen and oxygen atoms in total. The number of hydrogen-bond donors (Lipinski definition) is 2. The van der Waals surface area contributed by atoms with Crippen molar-refractivity contribution in [2.75, 3.05) is 0 Å². The van der Waals surface area contributed by atoms with Gasteiger partial charge >= 0.3 is 5.97 Å². The van der Waals surface area contributed by atoms with Crippen LogP contribution < -0.4 is 0 Å². The van der Waals surface area contributed by atoms with Gasteiger partial charge in [0, 0.05) is 6.42 Å². The second kappa shape index (κ2) is 11.3. The van der Waals surface area contributed by atoms with E-state index in [4.69, 9.17) is 10.4 Å². The third kappa shape index (κ3) is 11.1. The molecule has 17 heavy (non-hydrogen) atoms. The molecule has 1 atom stereocenters. The van der Waals surface area contributed by atoms with E-state index in [1.807, 2.05) is 0 Å². The van der Waals surface area contributed by atoms with E-state index in [0.29, 0.717) is 19.1 Å². The summed E-state index contributed by atoms with van der Waals surface area (Å²) in [7, 11) is 0. The average Bonchev–Trinajstić information content (AvgIpc) is 2.31. The van der Waals surface area contributed by atoms with Crippen LogP contribution in [0, 0.1) is 0 Å². The van der Waals surface area contributed by atoms with E-state index in [-0.39, 0.29) is 6.42 Å². The lowest BCUT2D eigenvalue weighted by atomic mass is 10.1. The van der Waals surface area contributed by atoms with Gasteiger partial charge in [0.1, 0.15) is 12.4 Å². The first kappa shape index (κ1) is 15.8. The van der Waals surface area contributed by atoms with Crippen LogP contribution in [0.15, 0.2) is 12.2 Å². The molecule has 0 radical (unpaired) electrons. The highest BCUT2D eigenvalue weighted by molar-refractivity contribution is 5.66. The lowest BCUT2D eigenvalue weighted by molar-refractivity contribution is -0.267. The van der Waals surface area contributed by atoms with Crippen LogP contribution in [0.1, 0.15) is 44.9 Å². The summed E-state index contributed by atoms with van der Waals surface area (Å²) < 4.78 is 0. The summed E-state index contributed by atoms with van der Waals surface area (Å²) in [4.78, 5) is 24.5. The van der Waals surface area contributed by atoms with Crippen molar-refractivity contribution >= 4 is 12.3 Å². The van der Waals surface area contributed by atoms with Gasteiger partial charge < -0.3 is 5.11 Å². The number of aliphatic carboxylic acids is 1. The van der Waals surface area contributed by atoms with E-state index in [2.05, 4.69) is 4.89 Å². The van der Waals surface area contributed by atoms with Gasteiger partial charge in [-0.2, -0.15) is 0 Å². The molecule has 98 valence electrons. The van der Waals surface area contributed by atoms with Gasteiger partial charge in [0.25, 0.3) is 0 Å². The monoisotopic (exact) mass is 244 g/mol. The van der Waals surface area contributed by atoms with Gasteiger partial charge in [0.05, 0.1) is 0 Å². The van der Waals surface area contributed by atoms with Gasteiger partial charge in [-0.15, -0.1) is 0 Å². The highest BCUT2D eigenvalue weighted by Crippen LogP contribution is 2.10. The molecule has 2 N–H and O–H groups in total. The summed E-state index contributed by atoms with van der Waals surface area (Å²) in [6.07, 6.45) is 8.33. The first-order valence-electron chi connectivity index (χ1n) is 5.84. The molecule has 5 heteroatoms. The highest BCUT2D eigenvalue weighted by atomic mass is 17.1. The quantitative estimate of drug-likeness (QED) is 0.192. The molecule has 0 heterocycles. The van der Waals surface area contributed by atoms with Gasteiger partial charge in [0.15, 0.2) is 0 Å². The van der Waals surface area contributed by atoms with E-state index < -0.39 is 12.1 Å². The molecule has 0 saturated carbocycles. The van der Waals surface area contributed by atoms with Gasteiger partial charge in [-0.1, -0.05) is 25.7 Å². The topological polar surface area (TPSA) is 83.8 Å². The molecular formula is C12H20O5. The van der Waals surface area contributed by atoms with Gasteiger partial charge in [-0.25, -0.2) is 4.89 Å². The van der Waals surface area contributed by atoms with Crippen molar-refractivity contribution in [2.24, 2.45) is 0 Å². The number of unbranched alkanes of at least 4 members (excludes halogenated alkanes) is 4. The van der Waals surface area contributed by atoms with Crippen molar-refractivity contribution in [3.8, 4) is 0 Å². The number of hydrogen-bond acceptors (Lipinski definition) is 4. The molecule has 0 spiro atoms. The molecule has 0 aliphatic heterocycles. The smallest absolute Gasteiger partial charge is 0.303 e. The number of aldehydes is 1. The van der Waals surface area contributed by atoms with Crippen molar-refractivity contribution in [1.29, 1.82) is 0 Å². The van der Waals surface area contributed by atoms with Crippen LogP contribution >= 0.6 is 0 Å². The predicted molar refractivity (Wildman–Crippen MR) is 62.7 cm³/mol. The fourth-order valence-electron chi connectivity index (χ4n) is 1.51. The summed E-state index contributed by atoms with van der Waals surface area (Å²) in [6.45, 7) is 0. The molecule has 0 aromatic carbocycles. The Kier molecular flexibility index (Phi) is 10.5. The number of carbonyl (C=O) groups excluding carboxylic acids is 1. The van der Waals surface area contributed by atoms with Crippen molar-refractivity contribution in [1.82, 2.24) is 0 Å². The van der Waals surface area contributed by atoms with E-state index in [0.717, 1.165) is 25.7 Å². The van der Waals surface area contributed by atoms with Crippen LogP contribution in [-0.2, 0) is 14.5 Å². The minimum atomic E-state index is -0.752. The molecule has 0 amide bonds. The SMILES string of the molecule is O=C/C=C/C(CCCCCCCC(=O)O)OO. The van der Waals surface area contributed by atoms with Gasteiger partial charge in [-0.05, 0) is 25.0 Å². The molecular weight excluding hydrogens is 224 g/mol. The number of carboxylic acid groups (broad SMARTS) is 1. The van der Waals surface area contributed by atoms with Crippen LogP contribution in [-0.4, -0.2) is 28.7 Å². The molecule has 0 aliphatic carbocycles. The predicted octanol–water partition coefficient (Wildman–Crippen LogP) is 2.42. The second-order valence-electron chi connectivity index (χ2n) is 3.87. The summed E-state index contributed by atoms with van der Waals surface area (Å²) >= 11 is 0. The van der Waals surface area contributed by atoms with Gasteiger partial charge in [-0.3, -0.25) is 14.8 Å². The Bertz CT molecular complexity index is 237. The van der Waals surface area contributed by atoms with Crippen LogP contribution in [0.4, 0.5) is 0 Å². The van der Waals surface area contributed by atoms with Crippen molar-refractivity contribution < 1.29 is 24.8 Å². The number of allylic oxidation sites excluding steroid dienone is 1. The van der Waals surface area contributed by atoms with Crippen LogP contribution in [0.5, 0.6) is 0 Å². The molecule has 0 aromatic heterocycles. The molecule has 1 unspecified atom stereocenters. The average molecular weight is 244 g/mol. The molecule has 0 fully saturated rings. The first-order valence-corrected chi connectivity index (χ1v) is 5.84. The second-order valence-corrected chi connectivity index (χ2v) is 3.87. The Hall–Kier alpha value is -1.20. The van der Waals surface area contributed by atoms with Crippen molar-refractivity contribution in [3.63, 3.8) is 0 Å². The lowest BCUT2D eigenvalue weighted by Gasteiger charge is -2.07. The molecule has 0 rings (SSSR count). The van der Waals surface area contributed by atoms with Gasteiger partial charge in [0.2, 0.25) is 0 Å². The van der Waals surface area contributed by atoms with Crippen molar-refractivity contribution in [3.05, 3.63) is 12.2 Å². The van der Waals surface area contributed by atoms with Crippen LogP contribution in [0.2, 0.25) is 0 Å².